The third kappa shape index (κ3) is 6.73. The van der Waals surface area contributed by atoms with E-state index in [1.165, 1.54) is 6.42 Å². The van der Waals surface area contributed by atoms with Crippen LogP contribution in [0.3, 0.4) is 0 Å². The minimum Gasteiger partial charge on any atom is -0.379 e. The summed E-state index contributed by atoms with van der Waals surface area (Å²) in [4.78, 5) is 17.9. The molecular formula is C15H26N4O2. The molecule has 0 radical (unpaired) electrons. The number of hydrogen-bond donors (Lipinski definition) is 1. The number of rotatable bonds is 9. The lowest BCUT2D eigenvalue weighted by molar-refractivity contribution is -0.123. The Balaban J connectivity index is 1.41. The minimum absolute atomic E-state index is 0.135. The highest BCUT2D eigenvalue weighted by Crippen LogP contribution is 2.01. The Morgan fingerprint density at radius 1 is 1.19 bits per heavy atom. The average molecular weight is 294 g/mol. The van der Waals surface area contributed by atoms with E-state index in [2.05, 4.69) is 19.8 Å². The summed E-state index contributed by atoms with van der Waals surface area (Å²) in [5.74, 6) is 0.135. The highest BCUT2D eigenvalue weighted by molar-refractivity contribution is 5.77. The van der Waals surface area contributed by atoms with Gasteiger partial charge in [-0.3, -0.25) is 9.69 Å². The molecule has 0 aromatic carbocycles. The molecule has 1 aliphatic rings. The van der Waals surface area contributed by atoms with E-state index >= 15 is 0 Å². The van der Waals surface area contributed by atoms with E-state index in [1.54, 1.807) is 0 Å². The number of aromatic nitrogens is 2. The summed E-state index contributed by atoms with van der Waals surface area (Å²) >= 11 is 0. The molecule has 21 heavy (non-hydrogen) atoms. The van der Waals surface area contributed by atoms with E-state index in [-0.39, 0.29) is 5.91 Å². The monoisotopic (exact) mass is 294 g/mol. The molecule has 1 N–H and O–H groups in total. The van der Waals surface area contributed by atoms with Crippen LogP contribution in [0.25, 0.3) is 0 Å². The van der Waals surface area contributed by atoms with Crippen molar-refractivity contribution in [3.05, 3.63) is 18.7 Å². The number of nitrogens with one attached hydrogen (secondary N) is 1. The lowest BCUT2D eigenvalue weighted by Crippen LogP contribution is -2.43. The van der Waals surface area contributed by atoms with Gasteiger partial charge in [-0.25, -0.2) is 4.98 Å². The summed E-state index contributed by atoms with van der Waals surface area (Å²) in [5, 5.41) is 3.00. The maximum atomic E-state index is 11.8. The van der Waals surface area contributed by atoms with Crippen LogP contribution < -0.4 is 5.32 Å². The number of carbonyl (C=O) groups excluding carboxylic acids is 1. The topological polar surface area (TPSA) is 59.4 Å². The first-order valence-electron chi connectivity index (χ1n) is 7.87. The first-order valence-corrected chi connectivity index (χ1v) is 7.87. The molecule has 6 heteroatoms. The van der Waals surface area contributed by atoms with Crippen molar-refractivity contribution in [3.63, 3.8) is 0 Å². The van der Waals surface area contributed by atoms with E-state index in [4.69, 9.17) is 4.74 Å². The second-order valence-electron chi connectivity index (χ2n) is 5.45. The van der Waals surface area contributed by atoms with Crippen LogP contribution in [0.4, 0.5) is 0 Å². The number of hydrogen-bond acceptors (Lipinski definition) is 4. The largest absolute Gasteiger partial charge is 0.379 e. The van der Waals surface area contributed by atoms with E-state index in [9.17, 15) is 4.79 Å². The Labute approximate surface area is 126 Å². The Bertz CT molecular complexity index is 388. The number of carbonyl (C=O) groups is 1. The fraction of sp³-hybridized carbons (Fsp3) is 0.733. The van der Waals surface area contributed by atoms with Crippen molar-refractivity contribution in [2.45, 2.75) is 32.2 Å². The van der Waals surface area contributed by atoms with Crippen molar-refractivity contribution < 1.29 is 9.53 Å². The van der Waals surface area contributed by atoms with Crippen molar-refractivity contribution in [2.75, 3.05) is 39.4 Å². The number of amides is 1. The smallest absolute Gasteiger partial charge is 0.234 e. The highest BCUT2D eigenvalue weighted by Gasteiger charge is 2.13. The zero-order valence-corrected chi connectivity index (χ0v) is 12.7. The molecule has 1 aromatic rings. The molecule has 1 amide bonds. The van der Waals surface area contributed by atoms with Crippen LogP contribution in [0.1, 0.15) is 25.7 Å². The fourth-order valence-corrected chi connectivity index (χ4v) is 2.44. The number of ether oxygens (including phenoxy) is 1. The molecule has 0 saturated carbocycles. The van der Waals surface area contributed by atoms with Crippen molar-refractivity contribution in [2.24, 2.45) is 0 Å². The predicted octanol–water partition coefficient (Wildman–Crippen LogP) is 0.892. The number of imidazole rings is 1. The lowest BCUT2D eigenvalue weighted by atomic mass is 10.2. The second-order valence-corrected chi connectivity index (χ2v) is 5.45. The van der Waals surface area contributed by atoms with Gasteiger partial charge in [0.05, 0.1) is 26.1 Å². The average Bonchev–Trinajstić information content (AvgIpc) is 3.00. The Kier molecular flexibility index (Phi) is 7.24. The van der Waals surface area contributed by atoms with Gasteiger partial charge in [0, 0.05) is 38.6 Å². The van der Waals surface area contributed by atoms with Crippen LogP contribution in [0.2, 0.25) is 0 Å². The van der Waals surface area contributed by atoms with Crippen molar-refractivity contribution >= 4 is 5.91 Å². The van der Waals surface area contributed by atoms with Gasteiger partial charge in [0.1, 0.15) is 0 Å². The molecule has 0 unspecified atom stereocenters. The molecular weight excluding hydrogens is 268 g/mol. The molecule has 0 atom stereocenters. The van der Waals surface area contributed by atoms with Gasteiger partial charge in [-0.15, -0.1) is 0 Å². The zero-order chi connectivity index (χ0) is 14.8. The summed E-state index contributed by atoms with van der Waals surface area (Å²) in [6.45, 7) is 5.53. The van der Waals surface area contributed by atoms with Gasteiger partial charge >= 0.3 is 0 Å². The first-order chi connectivity index (χ1) is 10.3. The zero-order valence-electron chi connectivity index (χ0n) is 12.7. The number of unbranched alkanes of at least 4 members (excludes halogenated alkanes) is 3. The van der Waals surface area contributed by atoms with E-state index < -0.39 is 0 Å². The Morgan fingerprint density at radius 3 is 2.76 bits per heavy atom. The van der Waals surface area contributed by atoms with Crippen LogP contribution in [-0.4, -0.2) is 59.8 Å². The quantitative estimate of drug-likeness (QED) is 0.687. The van der Waals surface area contributed by atoms with Gasteiger partial charge in [-0.05, 0) is 12.8 Å². The number of aryl methyl sites for hydroxylation is 1. The maximum Gasteiger partial charge on any atom is 0.234 e. The molecule has 118 valence electrons. The van der Waals surface area contributed by atoms with Gasteiger partial charge < -0.3 is 14.6 Å². The molecule has 1 fully saturated rings. The normalized spacial score (nSPS) is 16.0. The summed E-state index contributed by atoms with van der Waals surface area (Å²) in [6, 6.07) is 0. The van der Waals surface area contributed by atoms with E-state index in [1.807, 2.05) is 18.7 Å². The van der Waals surface area contributed by atoms with Gasteiger partial charge in [0.2, 0.25) is 5.91 Å². The van der Waals surface area contributed by atoms with Gasteiger partial charge in [0.15, 0.2) is 0 Å². The fourth-order valence-electron chi connectivity index (χ4n) is 2.44. The summed E-state index contributed by atoms with van der Waals surface area (Å²) < 4.78 is 7.37. The van der Waals surface area contributed by atoms with Gasteiger partial charge in [-0.2, -0.15) is 0 Å². The number of morpholine rings is 1. The molecule has 2 heterocycles. The van der Waals surface area contributed by atoms with Crippen LogP contribution in [-0.2, 0) is 16.1 Å². The Hall–Kier alpha value is -1.40. The molecule has 6 nitrogen and oxygen atoms in total. The summed E-state index contributed by atoms with van der Waals surface area (Å²) in [5.41, 5.74) is 0. The van der Waals surface area contributed by atoms with Crippen LogP contribution in [0, 0.1) is 0 Å². The van der Waals surface area contributed by atoms with Crippen molar-refractivity contribution in [1.82, 2.24) is 19.8 Å². The summed E-state index contributed by atoms with van der Waals surface area (Å²) in [6.07, 6.45) is 10.2. The molecule has 0 aliphatic carbocycles. The highest BCUT2D eigenvalue weighted by atomic mass is 16.5. The first kappa shape index (κ1) is 16.0. The minimum atomic E-state index is 0.135. The van der Waals surface area contributed by atoms with Crippen LogP contribution >= 0.6 is 0 Å². The maximum absolute atomic E-state index is 11.8. The lowest BCUT2D eigenvalue weighted by Gasteiger charge is -2.25. The third-order valence-electron chi connectivity index (χ3n) is 3.70. The van der Waals surface area contributed by atoms with Gasteiger partial charge in [-0.1, -0.05) is 12.8 Å². The molecule has 0 spiro atoms. The standard InChI is InChI=1S/C15H26N4O2/c20-15(13-18-9-11-21-12-10-18)17-5-3-1-2-4-7-19-8-6-16-14-19/h6,8,14H,1-5,7,9-13H2,(H,17,20). The van der Waals surface area contributed by atoms with Gasteiger partial charge in [0.25, 0.3) is 0 Å². The summed E-state index contributed by atoms with van der Waals surface area (Å²) in [7, 11) is 0. The second kappa shape index (κ2) is 9.52. The van der Waals surface area contributed by atoms with Crippen molar-refractivity contribution in [1.29, 1.82) is 0 Å². The predicted molar refractivity (Wildman–Crippen MR) is 81.0 cm³/mol. The molecule has 1 aliphatic heterocycles. The molecule has 0 bridgehead atoms. The molecule has 1 aromatic heterocycles. The van der Waals surface area contributed by atoms with Crippen LogP contribution in [0.5, 0.6) is 0 Å². The SMILES string of the molecule is O=C(CN1CCOCC1)NCCCCCCn1ccnc1. The van der Waals surface area contributed by atoms with E-state index in [0.717, 1.165) is 58.7 Å². The van der Waals surface area contributed by atoms with E-state index in [0.29, 0.717) is 6.54 Å². The number of nitrogens with zero attached hydrogens (tertiary/aromatic N) is 3. The van der Waals surface area contributed by atoms with Crippen molar-refractivity contribution in [3.8, 4) is 0 Å². The Morgan fingerprint density at radius 2 is 2.00 bits per heavy atom. The third-order valence-corrected chi connectivity index (χ3v) is 3.70. The molecule has 1 saturated heterocycles. The molecule has 2 rings (SSSR count). The van der Waals surface area contributed by atoms with Crippen LogP contribution in [0.15, 0.2) is 18.7 Å².